The lowest BCUT2D eigenvalue weighted by Crippen LogP contribution is -2.51. The van der Waals surface area contributed by atoms with E-state index < -0.39 is 5.97 Å². The van der Waals surface area contributed by atoms with E-state index >= 15 is 0 Å². The second-order valence-electron chi connectivity index (χ2n) is 7.25. The number of amides is 1. The third kappa shape index (κ3) is 5.98. The van der Waals surface area contributed by atoms with Gasteiger partial charge in [-0.3, -0.25) is 19.4 Å². The molecule has 0 saturated carbocycles. The van der Waals surface area contributed by atoms with Gasteiger partial charge in [0.1, 0.15) is 13.2 Å². The molecule has 1 fully saturated rings. The summed E-state index contributed by atoms with van der Waals surface area (Å²) in [6, 6.07) is 5.41. The molecule has 0 spiro atoms. The summed E-state index contributed by atoms with van der Waals surface area (Å²) in [7, 11) is 0. The molecule has 29 heavy (non-hydrogen) atoms. The number of carbonyl (C=O) groups excluding carboxylic acids is 1. The summed E-state index contributed by atoms with van der Waals surface area (Å²) in [6.07, 6.45) is 1.73. The number of aliphatic carboxylic acids is 1. The minimum absolute atomic E-state index is 0. The quantitative estimate of drug-likeness (QED) is 0.688. The van der Waals surface area contributed by atoms with Crippen molar-refractivity contribution in [3.05, 3.63) is 18.2 Å². The number of nitrogens with one attached hydrogen (secondary N) is 1. The van der Waals surface area contributed by atoms with Crippen LogP contribution in [0.4, 0.5) is 5.69 Å². The van der Waals surface area contributed by atoms with Crippen molar-refractivity contribution in [3.63, 3.8) is 0 Å². The first-order valence-electron chi connectivity index (χ1n) is 9.88. The van der Waals surface area contributed by atoms with Crippen molar-refractivity contribution in [2.45, 2.75) is 38.8 Å². The summed E-state index contributed by atoms with van der Waals surface area (Å²) in [5.74, 6) is 0.487. The molecule has 8 nitrogen and oxygen atoms in total. The molecule has 1 unspecified atom stereocenters. The van der Waals surface area contributed by atoms with Crippen molar-refractivity contribution < 1.29 is 24.2 Å². The van der Waals surface area contributed by atoms with E-state index in [2.05, 4.69) is 10.2 Å². The third-order valence-corrected chi connectivity index (χ3v) is 5.50. The fourth-order valence-electron chi connectivity index (χ4n) is 3.84. The number of carboxylic acids is 1. The number of anilines is 1. The molecule has 0 bridgehead atoms. The van der Waals surface area contributed by atoms with Crippen LogP contribution in [0.15, 0.2) is 18.2 Å². The number of carbonyl (C=O) groups is 2. The van der Waals surface area contributed by atoms with E-state index in [1.807, 2.05) is 30.9 Å². The maximum Gasteiger partial charge on any atom is 0.317 e. The number of carboxylic acid groups (broad SMARTS) is 1. The van der Waals surface area contributed by atoms with Gasteiger partial charge in [0.15, 0.2) is 11.5 Å². The molecule has 0 radical (unpaired) electrons. The Morgan fingerprint density at radius 2 is 1.90 bits per heavy atom. The van der Waals surface area contributed by atoms with Gasteiger partial charge in [-0.1, -0.05) is 6.92 Å². The Hall–Kier alpha value is -2.03. The minimum Gasteiger partial charge on any atom is -0.486 e. The molecule has 3 rings (SSSR count). The molecule has 1 amide bonds. The first-order valence-corrected chi connectivity index (χ1v) is 9.88. The molecule has 0 aliphatic carbocycles. The van der Waals surface area contributed by atoms with Crippen LogP contribution in [0.2, 0.25) is 0 Å². The lowest BCUT2D eigenvalue weighted by molar-refractivity contribution is -0.139. The zero-order valence-corrected chi connectivity index (χ0v) is 17.7. The topological polar surface area (TPSA) is 91.3 Å². The highest BCUT2D eigenvalue weighted by Gasteiger charge is 2.29. The van der Waals surface area contributed by atoms with E-state index in [-0.39, 0.29) is 36.9 Å². The van der Waals surface area contributed by atoms with E-state index in [1.54, 1.807) is 6.07 Å². The highest BCUT2D eigenvalue weighted by molar-refractivity contribution is 5.94. The van der Waals surface area contributed by atoms with Gasteiger partial charge in [0.2, 0.25) is 5.91 Å². The average molecular weight is 428 g/mol. The summed E-state index contributed by atoms with van der Waals surface area (Å²) < 4.78 is 11.1. The van der Waals surface area contributed by atoms with Gasteiger partial charge in [0, 0.05) is 30.9 Å². The molecule has 2 N–H and O–H groups in total. The number of rotatable bonds is 7. The molecule has 1 saturated heterocycles. The highest BCUT2D eigenvalue weighted by Crippen LogP contribution is 2.32. The molecule has 2 aliphatic heterocycles. The molecule has 2 aliphatic rings. The lowest BCUT2D eigenvalue weighted by Gasteiger charge is -2.39. The summed E-state index contributed by atoms with van der Waals surface area (Å²) in [4.78, 5) is 27.8. The van der Waals surface area contributed by atoms with Crippen molar-refractivity contribution in [2.75, 3.05) is 44.7 Å². The van der Waals surface area contributed by atoms with Crippen molar-refractivity contribution in [2.24, 2.45) is 0 Å². The zero-order chi connectivity index (χ0) is 20.1. The van der Waals surface area contributed by atoms with Gasteiger partial charge in [-0.2, -0.15) is 0 Å². The van der Waals surface area contributed by atoms with Crippen molar-refractivity contribution >= 4 is 30.0 Å². The van der Waals surface area contributed by atoms with Gasteiger partial charge in [-0.25, -0.2) is 0 Å². The molecule has 0 aromatic heterocycles. The number of benzene rings is 1. The molecule has 1 atom stereocenters. The van der Waals surface area contributed by atoms with E-state index in [1.165, 1.54) is 0 Å². The predicted molar refractivity (Wildman–Crippen MR) is 112 cm³/mol. The Labute approximate surface area is 177 Å². The number of hydrogen-bond donors (Lipinski definition) is 2. The standard InChI is InChI=1S/C20H29N3O5.ClH/c1-3-22(13-19(24)25)16-6-8-23(9-7-16)14(2)20(26)21-15-4-5-17-18(12-15)28-11-10-27-17;/h4-5,12,14,16H,3,6-11,13H2,1-2H3,(H,21,26)(H,24,25);1H. The first-order chi connectivity index (χ1) is 13.5. The van der Waals surface area contributed by atoms with E-state index in [0.29, 0.717) is 30.4 Å². The smallest absolute Gasteiger partial charge is 0.317 e. The largest absolute Gasteiger partial charge is 0.486 e. The Kier molecular flexibility index (Phi) is 8.55. The Bertz CT molecular complexity index is 709. The Morgan fingerprint density at radius 1 is 1.24 bits per heavy atom. The summed E-state index contributed by atoms with van der Waals surface area (Å²) in [5, 5.41) is 12.0. The zero-order valence-electron chi connectivity index (χ0n) is 16.9. The average Bonchev–Trinajstić information content (AvgIpc) is 2.71. The van der Waals surface area contributed by atoms with E-state index in [0.717, 1.165) is 32.5 Å². The van der Waals surface area contributed by atoms with Crippen molar-refractivity contribution in [1.82, 2.24) is 9.80 Å². The van der Waals surface area contributed by atoms with Crippen molar-refractivity contribution in [3.8, 4) is 11.5 Å². The third-order valence-electron chi connectivity index (χ3n) is 5.50. The number of hydrogen-bond acceptors (Lipinski definition) is 6. The fraction of sp³-hybridized carbons (Fsp3) is 0.600. The number of likely N-dealkylation sites (N-methyl/N-ethyl adjacent to an activating group) is 1. The normalized spacial score (nSPS) is 18.0. The number of halogens is 1. The number of piperidine rings is 1. The van der Waals surface area contributed by atoms with Gasteiger partial charge in [-0.15, -0.1) is 12.4 Å². The van der Waals surface area contributed by atoms with Crippen molar-refractivity contribution in [1.29, 1.82) is 0 Å². The molecular formula is C20H30ClN3O5. The molecule has 9 heteroatoms. The van der Waals surface area contributed by atoms with Crippen LogP contribution in [0.5, 0.6) is 11.5 Å². The lowest BCUT2D eigenvalue weighted by atomic mass is 10.0. The van der Waals surface area contributed by atoms with E-state index in [4.69, 9.17) is 14.6 Å². The number of nitrogens with zero attached hydrogens (tertiary/aromatic N) is 2. The SMILES string of the molecule is CCN(CC(=O)O)C1CCN(C(C)C(=O)Nc2ccc3c(c2)OCCO3)CC1.Cl. The second-order valence-corrected chi connectivity index (χ2v) is 7.25. The van der Waals surface area contributed by atoms with Crippen LogP contribution in [0.25, 0.3) is 0 Å². The van der Waals surface area contributed by atoms with Gasteiger partial charge < -0.3 is 19.9 Å². The molecule has 1 aromatic rings. The Balaban J connectivity index is 0.00000300. The van der Waals surface area contributed by atoms with Crippen LogP contribution < -0.4 is 14.8 Å². The summed E-state index contributed by atoms with van der Waals surface area (Å²) in [6.45, 7) is 7.27. The van der Waals surface area contributed by atoms with Crippen LogP contribution in [-0.4, -0.2) is 78.3 Å². The number of ether oxygens (including phenoxy) is 2. The van der Waals surface area contributed by atoms with Crippen LogP contribution in [0.1, 0.15) is 26.7 Å². The van der Waals surface area contributed by atoms with Gasteiger partial charge in [0.25, 0.3) is 0 Å². The van der Waals surface area contributed by atoms with Gasteiger partial charge in [0.05, 0.1) is 12.6 Å². The summed E-state index contributed by atoms with van der Waals surface area (Å²) in [5.41, 5.74) is 0.689. The van der Waals surface area contributed by atoms with Gasteiger partial charge >= 0.3 is 5.97 Å². The monoisotopic (exact) mass is 427 g/mol. The molecule has 1 aromatic carbocycles. The highest BCUT2D eigenvalue weighted by atomic mass is 35.5. The first kappa shape index (κ1) is 23.3. The summed E-state index contributed by atoms with van der Waals surface area (Å²) >= 11 is 0. The molecular weight excluding hydrogens is 398 g/mol. The number of likely N-dealkylation sites (tertiary alicyclic amines) is 1. The van der Waals surface area contributed by atoms with Crippen LogP contribution in [-0.2, 0) is 9.59 Å². The maximum absolute atomic E-state index is 12.7. The number of fused-ring (bicyclic) bond motifs is 1. The second kappa shape index (κ2) is 10.7. The molecule has 2 heterocycles. The fourth-order valence-corrected chi connectivity index (χ4v) is 3.84. The van der Waals surface area contributed by atoms with Crippen LogP contribution in [0.3, 0.4) is 0 Å². The van der Waals surface area contributed by atoms with Crippen LogP contribution in [0, 0.1) is 0 Å². The predicted octanol–water partition coefficient (Wildman–Crippen LogP) is 2.08. The van der Waals surface area contributed by atoms with Crippen LogP contribution >= 0.6 is 12.4 Å². The maximum atomic E-state index is 12.7. The molecule has 162 valence electrons. The Morgan fingerprint density at radius 3 is 2.52 bits per heavy atom. The van der Waals surface area contributed by atoms with Gasteiger partial charge in [-0.05, 0) is 38.4 Å². The van der Waals surface area contributed by atoms with E-state index in [9.17, 15) is 9.59 Å². The minimum atomic E-state index is -0.795.